The molecule has 1 aliphatic rings. The van der Waals surface area contributed by atoms with Crippen molar-refractivity contribution in [3.8, 4) is 5.75 Å². The Hall–Kier alpha value is -0.730. The van der Waals surface area contributed by atoms with Crippen molar-refractivity contribution < 1.29 is 4.74 Å². The Morgan fingerprint density at radius 2 is 2.00 bits per heavy atom. The van der Waals surface area contributed by atoms with Crippen molar-refractivity contribution >= 4 is 11.6 Å². The van der Waals surface area contributed by atoms with Crippen LogP contribution >= 0.6 is 11.6 Å². The molecule has 1 saturated carbocycles. The maximum atomic E-state index is 6.23. The third-order valence-corrected chi connectivity index (χ3v) is 4.58. The number of nitrogens with one attached hydrogen (secondary N) is 1. The van der Waals surface area contributed by atoms with Crippen LogP contribution in [0.15, 0.2) is 18.2 Å². The van der Waals surface area contributed by atoms with Crippen LogP contribution in [0.3, 0.4) is 0 Å². The van der Waals surface area contributed by atoms with Crippen molar-refractivity contribution in [2.45, 2.75) is 45.8 Å². The molecule has 0 spiro atoms. The highest BCUT2D eigenvalue weighted by atomic mass is 35.5. The van der Waals surface area contributed by atoms with E-state index in [4.69, 9.17) is 16.3 Å². The number of aryl methyl sites for hydroxylation is 1. The van der Waals surface area contributed by atoms with E-state index in [-0.39, 0.29) is 6.10 Å². The first kappa shape index (κ1) is 14.7. The van der Waals surface area contributed by atoms with Crippen molar-refractivity contribution in [2.75, 3.05) is 7.05 Å². The molecule has 0 heterocycles. The van der Waals surface area contributed by atoms with Crippen molar-refractivity contribution in [3.63, 3.8) is 0 Å². The van der Waals surface area contributed by atoms with E-state index in [1.54, 1.807) is 0 Å². The lowest BCUT2D eigenvalue weighted by molar-refractivity contribution is 0.0506. The van der Waals surface area contributed by atoms with Crippen LogP contribution in [0.4, 0.5) is 0 Å². The summed E-state index contributed by atoms with van der Waals surface area (Å²) in [4.78, 5) is 0. The number of benzene rings is 1. The molecular weight excluding hydrogens is 258 g/mol. The van der Waals surface area contributed by atoms with Gasteiger partial charge in [0.2, 0.25) is 0 Å². The largest absolute Gasteiger partial charge is 0.489 e. The van der Waals surface area contributed by atoms with Crippen LogP contribution < -0.4 is 10.1 Å². The van der Waals surface area contributed by atoms with Crippen LogP contribution in [0.5, 0.6) is 5.75 Å². The summed E-state index contributed by atoms with van der Waals surface area (Å²) in [6, 6.07) is 6.33. The van der Waals surface area contributed by atoms with E-state index < -0.39 is 0 Å². The fourth-order valence-electron chi connectivity index (χ4n) is 3.16. The van der Waals surface area contributed by atoms with Gasteiger partial charge in [-0.25, -0.2) is 0 Å². The maximum Gasteiger partial charge on any atom is 0.120 e. The van der Waals surface area contributed by atoms with Crippen molar-refractivity contribution in [3.05, 3.63) is 28.8 Å². The number of rotatable bonds is 3. The highest BCUT2D eigenvalue weighted by molar-refractivity contribution is 6.31. The second-order valence-electron chi connectivity index (χ2n) is 5.94. The summed E-state index contributed by atoms with van der Waals surface area (Å²) in [5.74, 6) is 2.25. The lowest BCUT2D eigenvalue weighted by Gasteiger charge is -2.39. The predicted molar refractivity (Wildman–Crippen MR) is 81.0 cm³/mol. The normalized spacial score (nSPS) is 31.2. The average Bonchev–Trinajstić information content (AvgIpc) is 2.36. The second-order valence-corrected chi connectivity index (χ2v) is 6.35. The Morgan fingerprint density at radius 1 is 1.26 bits per heavy atom. The van der Waals surface area contributed by atoms with E-state index in [1.165, 1.54) is 12.8 Å². The summed E-state index contributed by atoms with van der Waals surface area (Å²) in [7, 11) is 2.03. The summed E-state index contributed by atoms with van der Waals surface area (Å²) < 4.78 is 6.23. The second kappa shape index (κ2) is 6.15. The lowest BCUT2D eigenvalue weighted by Crippen LogP contribution is -2.49. The number of halogens is 1. The van der Waals surface area contributed by atoms with Gasteiger partial charge in [0.25, 0.3) is 0 Å². The van der Waals surface area contributed by atoms with Gasteiger partial charge in [-0.1, -0.05) is 25.4 Å². The van der Waals surface area contributed by atoms with Crippen LogP contribution in [0.2, 0.25) is 5.02 Å². The molecule has 0 amide bonds. The van der Waals surface area contributed by atoms with E-state index in [0.717, 1.165) is 22.3 Å². The van der Waals surface area contributed by atoms with Gasteiger partial charge in [0.15, 0.2) is 0 Å². The third-order valence-electron chi connectivity index (χ3n) is 4.16. The zero-order valence-electron chi connectivity index (χ0n) is 12.2. The van der Waals surface area contributed by atoms with Gasteiger partial charge >= 0.3 is 0 Å². The molecule has 0 aliphatic heterocycles. The zero-order chi connectivity index (χ0) is 14.0. The Balaban J connectivity index is 2.13. The SMILES string of the molecule is CNC1CC(C)CC(C)C1Oc1ccc(Cl)c(C)c1. The number of hydrogen-bond donors (Lipinski definition) is 1. The molecule has 2 nitrogen and oxygen atoms in total. The molecule has 1 aromatic carbocycles. The van der Waals surface area contributed by atoms with E-state index in [0.29, 0.717) is 12.0 Å². The van der Waals surface area contributed by atoms with E-state index in [2.05, 4.69) is 19.2 Å². The minimum Gasteiger partial charge on any atom is -0.489 e. The number of ether oxygens (including phenoxy) is 1. The molecule has 19 heavy (non-hydrogen) atoms. The highest BCUT2D eigenvalue weighted by Crippen LogP contribution is 2.32. The summed E-state index contributed by atoms with van der Waals surface area (Å²) in [6.45, 7) is 6.62. The monoisotopic (exact) mass is 281 g/mol. The first-order valence-corrected chi connectivity index (χ1v) is 7.49. The van der Waals surface area contributed by atoms with Gasteiger partial charge in [-0.15, -0.1) is 0 Å². The van der Waals surface area contributed by atoms with E-state index >= 15 is 0 Å². The molecule has 0 bridgehead atoms. The van der Waals surface area contributed by atoms with Gasteiger partial charge in [0.05, 0.1) is 0 Å². The first-order chi connectivity index (χ1) is 9.01. The van der Waals surface area contributed by atoms with Crippen molar-refractivity contribution in [1.29, 1.82) is 0 Å². The molecule has 0 aromatic heterocycles. The average molecular weight is 282 g/mol. The topological polar surface area (TPSA) is 21.3 Å². The molecule has 0 saturated heterocycles. The summed E-state index contributed by atoms with van der Waals surface area (Å²) in [5.41, 5.74) is 1.07. The summed E-state index contributed by atoms with van der Waals surface area (Å²) in [5, 5.41) is 4.20. The molecule has 4 atom stereocenters. The quantitative estimate of drug-likeness (QED) is 0.902. The molecule has 0 radical (unpaired) electrons. The highest BCUT2D eigenvalue weighted by Gasteiger charge is 2.34. The number of hydrogen-bond acceptors (Lipinski definition) is 2. The van der Waals surface area contributed by atoms with E-state index in [9.17, 15) is 0 Å². The lowest BCUT2D eigenvalue weighted by atomic mass is 9.78. The van der Waals surface area contributed by atoms with Crippen molar-refractivity contribution in [2.24, 2.45) is 11.8 Å². The molecule has 1 fully saturated rings. The van der Waals surface area contributed by atoms with Crippen LogP contribution in [0.1, 0.15) is 32.3 Å². The molecule has 1 aromatic rings. The minimum absolute atomic E-state index is 0.238. The Bertz CT molecular complexity index is 435. The van der Waals surface area contributed by atoms with Gasteiger partial charge in [0.1, 0.15) is 11.9 Å². The van der Waals surface area contributed by atoms with Crippen molar-refractivity contribution in [1.82, 2.24) is 5.32 Å². The van der Waals surface area contributed by atoms with Gasteiger partial charge in [0, 0.05) is 11.1 Å². The first-order valence-electron chi connectivity index (χ1n) is 7.11. The van der Waals surface area contributed by atoms with Gasteiger partial charge < -0.3 is 10.1 Å². The molecule has 1 aliphatic carbocycles. The van der Waals surface area contributed by atoms with E-state index in [1.807, 2.05) is 32.2 Å². The molecule has 106 valence electrons. The Morgan fingerprint density at radius 3 is 2.63 bits per heavy atom. The summed E-state index contributed by atoms with van der Waals surface area (Å²) in [6.07, 6.45) is 2.65. The van der Waals surface area contributed by atoms with Crippen LogP contribution in [-0.4, -0.2) is 19.2 Å². The maximum absolute atomic E-state index is 6.23. The Kier molecular flexibility index (Phi) is 4.75. The fourth-order valence-corrected chi connectivity index (χ4v) is 3.27. The molecule has 4 unspecified atom stereocenters. The zero-order valence-corrected chi connectivity index (χ0v) is 13.0. The Labute approximate surface area is 121 Å². The van der Waals surface area contributed by atoms with Gasteiger partial charge in [-0.2, -0.15) is 0 Å². The molecule has 1 N–H and O–H groups in total. The molecule has 3 heteroatoms. The van der Waals surface area contributed by atoms with Gasteiger partial charge in [-0.05, 0) is 62.4 Å². The minimum atomic E-state index is 0.238. The van der Waals surface area contributed by atoms with Crippen LogP contribution in [0.25, 0.3) is 0 Å². The summed E-state index contributed by atoms with van der Waals surface area (Å²) >= 11 is 6.06. The standard InChI is InChI=1S/C16H24ClNO/c1-10-7-12(3)16(15(8-10)18-4)19-13-5-6-14(17)11(2)9-13/h5-6,9-10,12,15-16,18H,7-8H2,1-4H3. The smallest absolute Gasteiger partial charge is 0.120 e. The van der Waals surface area contributed by atoms with Gasteiger partial charge in [-0.3, -0.25) is 0 Å². The fraction of sp³-hybridized carbons (Fsp3) is 0.625. The number of likely N-dealkylation sites (N-methyl/N-ethyl adjacent to an activating group) is 1. The third kappa shape index (κ3) is 3.43. The van der Waals surface area contributed by atoms with Crippen LogP contribution in [0, 0.1) is 18.8 Å². The van der Waals surface area contributed by atoms with Crippen LogP contribution in [-0.2, 0) is 0 Å². The molecule has 2 rings (SSSR count). The predicted octanol–water partition coefficient (Wildman–Crippen LogP) is 4.05. The molecular formula is C16H24ClNO.